The summed E-state index contributed by atoms with van der Waals surface area (Å²) in [6.45, 7) is 3.40. The molecule has 0 saturated carbocycles. The van der Waals surface area contributed by atoms with Gasteiger partial charge in [-0.05, 0) is 42.3 Å². The van der Waals surface area contributed by atoms with Gasteiger partial charge < -0.3 is 14.8 Å². The van der Waals surface area contributed by atoms with Gasteiger partial charge in [0.25, 0.3) is 11.5 Å². The third-order valence-corrected chi connectivity index (χ3v) is 7.90. The predicted molar refractivity (Wildman–Crippen MR) is 155 cm³/mol. The van der Waals surface area contributed by atoms with Gasteiger partial charge in [-0.3, -0.25) is 18.9 Å². The summed E-state index contributed by atoms with van der Waals surface area (Å²) in [5, 5.41) is 3.35. The zero-order valence-electron chi connectivity index (χ0n) is 21.3. The van der Waals surface area contributed by atoms with Crippen LogP contribution in [0.5, 0.6) is 11.5 Å². The highest BCUT2D eigenvalue weighted by Crippen LogP contribution is 2.36. The maximum Gasteiger partial charge on any atom is 0.267 e. The maximum absolute atomic E-state index is 13.5. The lowest BCUT2D eigenvalue weighted by Gasteiger charge is -2.15. The van der Waals surface area contributed by atoms with E-state index in [2.05, 4.69) is 12.2 Å². The molecule has 0 spiro atoms. The predicted octanol–water partition coefficient (Wildman–Crippen LogP) is 5.60. The molecule has 1 aromatic carbocycles. The lowest BCUT2D eigenvalue weighted by atomic mass is 10.1. The van der Waals surface area contributed by atoms with E-state index in [-0.39, 0.29) is 18.3 Å². The number of hydrogen-bond donors (Lipinski definition) is 1. The molecule has 1 N–H and O–H groups in total. The molecule has 38 heavy (non-hydrogen) atoms. The second-order valence-electron chi connectivity index (χ2n) is 9.26. The number of thiocarbonyl (C=S) groups is 1. The van der Waals surface area contributed by atoms with E-state index in [4.69, 9.17) is 26.7 Å². The SMILES string of the molecule is CCCCCCCCNc1nc2ccccn2c(=O)c1C=C1SC(=S)N(Cc2ccc3c(c2)OCO3)C1=O. The van der Waals surface area contributed by atoms with Crippen molar-refractivity contribution in [1.29, 1.82) is 0 Å². The molecule has 198 valence electrons. The summed E-state index contributed by atoms with van der Waals surface area (Å²) >= 11 is 6.73. The number of unbranched alkanes of at least 4 members (excludes halogenated alkanes) is 5. The Labute approximate surface area is 231 Å². The molecule has 2 aliphatic rings. The Balaban J connectivity index is 1.37. The van der Waals surface area contributed by atoms with Crippen LogP contribution in [0.3, 0.4) is 0 Å². The van der Waals surface area contributed by atoms with Crippen molar-refractivity contribution < 1.29 is 14.3 Å². The van der Waals surface area contributed by atoms with E-state index >= 15 is 0 Å². The number of benzene rings is 1. The van der Waals surface area contributed by atoms with Crippen LogP contribution >= 0.6 is 24.0 Å². The van der Waals surface area contributed by atoms with Crippen LogP contribution in [-0.4, -0.2) is 37.8 Å². The van der Waals surface area contributed by atoms with Crippen LogP contribution in [0.1, 0.15) is 56.6 Å². The number of pyridine rings is 1. The van der Waals surface area contributed by atoms with Crippen molar-refractivity contribution in [3.8, 4) is 11.5 Å². The fraction of sp³-hybridized carbons (Fsp3) is 0.357. The molecule has 0 atom stereocenters. The van der Waals surface area contributed by atoms with Crippen molar-refractivity contribution in [3.63, 3.8) is 0 Å². The summed E-state index contributed by atoms with van der Waals surface area (Å²) in [7, 11) is 0. The third-order valence-electron chi connectivity index (χ3n) is 6.52. The number of nitrogens with zero attached hydrogens (tertiary/aromatic N) is 3. The fourth-order valence-electron chi connectivity index (χ4n) is 4.47. The van der Waals surface area contributed by atoms with E-state index in [1.165, 1.54) is 41.8 Å². The summed E-state index contributed by atoms with van der Waals surface area (Å²) in [4.78, 5) is 33.5. The van der Waals surface area contributed by atoms with Crippen LogP contribution in [0.15, 0.2) is 52.3 Å². The van der Waals surface area contributed by atoms with Gasteiger partial charge in [0.1, 0.15) is 15.8 Å². The first-order valence-electron chi connectivity index (χ1n) is 12.9. The van der Waals surface area contributed by atoms with Crippen LogP contribution < -0.4 is 20.3 Å². The minimum Gasteiger partial charge on any atom is -0.454 e. The van der Waals surface area contributed by atoms with E-state index in [1.54, 1.807) is 29.3 Å². The Hall–Kier alpha value is -3.37. The maximum atomic E-state index is 13.5. The van der Waals surface area contributed by atoms with E-state index in [0.717, 1.165) is 18.4 Å². The lowest BCUT2D eigenvalue weighted by Crippen LogP contribution is -2.27. The van der Waals surface area contributed by atoms with Gasteiger partial charge in [-0.1, -0.05) is 75.1 Å². The molecule has 8 nitrogen and oxygen atoms in total. The van der Waals surface area contributed by atoms with Crippen molar-refractivity contribution in [2.75, 3.05) is 18.7 Å². The van der Waals surface area contributed by atoms with Gasteiger partial charge in [-0.15, -0.1) is 0 Å². The molecule has 4 heterocycles. The highest BCUT2D eigenvalue weighted by Gasteiger charge is 2.33. The van der Waals surface area contributed by atoms with Crippen molar-refractivity contribution >= 4 is 51.7 Å². The van der Waals surface area contributed by atoms with Crippen LogP contribution in [-0.2, 0) is 11.3 Å². The number of nitrogens with one attached hydrogen (secondary N) is 1. The van der Waals surface area contributed by atoms with Crippen molar-refractivity contribution in [3.05, 3.63) is 69.0 Å². The summed E-state index contributed by atoms with van der Waals surface area (Å²) in [6, 6.07) is 11.0. The largest absolute Gasteiger partial charge is 0.454 e. The molecule has 0 radical (unpaired) electrons. The smallest absolute Gasteiger partial charge is 0.267 e. The molecular weight excluding hydrogens is 520 g/mol. The van der Waals surface area contributed by atoms with Crippen molar-refractivity contribution in [1.82, 2.24) is 14.3 Å². The van der Waals surface area contributed by atoms with Gasteiger partial charge in [-0.2, -0.15) is 0 Å². The summed E-state index contributed by atoms with van der Waals surface area (Å²) in [6.07, 6.45) is 10.3. The quantitative estimate of drug-likeness (QED) is 0.188. The van der Waals surface area contributed by atoms with Gasteiger partial charge in [0.05, 0.1) is 17.0 Å². The fourth-order valence-corrected chi connectivity index (χ4v) is 5.71. The van der Waals surface area contributed by atoms with Crippen molar-refractivity contribution in [2.24, 2.45) is 0 Å². The topological polar surface area (TPSA) is 85.2 Å². The van der Waals surface area contributed by atoms with Gasteiger partial charge in [0, 0.05) is 12.7 Å². The number of ether oxygens (including phenoxy) is 2. The standard InChI is InChI=1S/C28H30N4O4S2/c1-2-3-4-5-6-8-13-29-25-20(26(33)31-14-9-7-10-24(31)30-25)16-23-27(34)32(28(37)38-23)17-19-11-12-21-22(15-19)36-18-35-21/h7,9-12,14-16,29H,2-6,8,13,17-18H2,1H3. The normalized spacial score (nSPS) is 15.7. The molecule has 10 heteroatoms. The number of thioether (sulfide) groups is 1. The number of fused-ring (bicyclic) bond motifs is 2. The summed E-state index contributed by atoms with van der Waals surface area (Å²) in [5.41, 5.74) is 1.54. The monoisotopic (exact) mass is 550 g/mol. The minimum absolute atomic E-state index is 0.188. The molecule has 2 aliphatic heterocycles. The number of anilines is 1. The highest BCUT2D eigenvalue weighted by atomic mass is 32.2. The zero-order chi connectivity index (χ0) is 26.5. The highest BCUT2D eigenvalue weighted by molar-refractivity contribution is 8.26. The third kappa shape index (κ3) is 5.71. The Kier molecular flexibility index (Phi) is 8.29. The van der Waals surface area contributed by atoms with Gasteiger partial charge in [-0.25, -0.2) is 4.98 Å². The van der Waals surface area contributed by atoms with Gasteiger partial charge >= 0.3 is 0 Å². The Morgan fingerprint density at radius 2 is 1.89 bits per heavy atom. The molecule has 2 aromatic heterocycles. The number of carbonyl (C=O) groups is 1. The first-order chi connectivity index (χ1) is 18.5. The first kappa shape index (κ1) is 26.2. The molecule has 5 rings (SSSR count). The Morgan fingerprint density at radius 1 is 1.08 bits per heavy atom. The van der Waals surface area contributed by atoms with Crippen LogP contribution in [0.25, 0.3) is 11.7 Å². The number of rotatable bonds is 11. The van der Waals surface area contributed by atoms with Gasteiger partial charge in [0.2, 0.25) is 6.79 Å². The molecule has 1 amide bonds. The van der Waals surface area contributed by atoms with E-state index in [1.807, 2.05) is 24.3 Å². The van der Waals surface area contributed by atoms with Crippen molar-refractivity contribution in [2.45, 2.75) is 52.0 Å². The number of aromatic nitrogens is 2. The molecule has 0 unspecified atom stereocenters. The van der Waals surface area contributed by atoms with Crippen LogP contribution in [0.4, 0.5) is 5.82 Å². The molecule has 0 aliphatic carbocycles. The molecular formula is C28H30N4O4S2. The van der Waals surface area contributed by atoms with Crippen LogP contribution in [0.2, 0.25) is 0 Å². The van der Waals surface area contributed by atoms with E-state index in [9.17, 15) is 9.59 Å². The second kappa shape index (κ2) is 12.0. The lowest BCUT2D eigenvalue weighted by molar-refractivity contribution is -0.122. The average Bonchev–Trinajstić information content (AvgIpc) is 3.49. The zero-order valence-corrected chi connectivity index (χ0v) is 22.9. The minimum atomic E-state index is -0.239. The average molecular weight is 551 g/mol. The van der Waals surface area contributed by atoms with Crippen LogP contribution in [0, 0.1) is 0 Å². The number of amides is 1. The van der Waals surface area contributed by atoms with Gasteiger partial charge in [0.15, 0.2) is 11.5 Å². The molecule has 1 fully saturated rings. The Morgan fingerprint density at radius 3 is 2.76 bits per heavy atom. The summed E-state index contributed by atoms with van der Waals surface area (Å²) in [5.74, 6) is 1.58. The second-order valence-corrected chi connectivity index (χ2v) is 10.9. The first-order valence-corrected chi connectivity index (χ1v) is 14.2. The van der Waals surface area contributed by atoms with E-state index in [0.29, 0.717) is 50.8 Å². The summed E-state index contributed by atoms with van der Waals surface area (Å²) < 4.78 is 12.8. The molecule has 1 saturated heterocycles. The van der Waals surface area contributed by atoms with E-state index < -0.39 is 0 Å². The number of hydrogen-bond acceptors (Lipinski definition) is 8. The molecule has 3 aromatic rings. The number of carbonyl (C=O) groups excluding carboxylic acids is 1. The Bertz CT molecular complexity index is 1450. The molecule has 0 bridgehead atoms.